The molecule has 0 atom stereocenters. The lowest BCUT2D eigenvalue weighted by Crippen LogP contribution is -2.39. The van der Waals surface area contributed by atoms with Gasteiger partial charge >= 0.3 is 6.09 Å². The lowest BCUT2D eigenvalue weighted by atomic mass is 9.90. The van der Waals surface area contributed by atoms with Crippen LogP contribution in [0.1, 0.15) is 58.4 Å². The van der Waals surface area contributed by atoms with Crippen molar-refractivity contribution in [3.63, 3.8) is 0 Å². The number of alkyl carbamates (subject to hydrolysis) is 1. The van der Waals surface area contributed by atoms with Gasteiger partial charge in [-0.3, -0.25) is 4.79 Å². The van der Waals surface area contributed by atoms with E-state index in [0.29, 0.717) is 25.3 Å². The van der Waals surface area contributed by atoms with Crippen molar-refractivity contribution in [1.29, 1.82) is 0 Å². The highest BCUT2D eigenvalue weighted by molar-refractivity contribution is 5.76. The van der Waals surface area contributed by atoms with Crippen LogP contribution < -0.4 is 5.32 Å². The molecule has 1 fully saturated rings. The Morgan fingerprint density at radius 2 is 1.81 bits per heavy atom. The van der Waals surface area contributed by atoms with Crippen molar-refractivity contribution >= 4 is 12.0 Å². The van der Waals surface area contributed by atoms with E-state index in [-0.39, 0.29) is 5.91 Å². The molecule has 5 nitrogen and oxygen atoms in total. The summed E-state index contributed by atoms with van der Waals surface area (Å²) >= 11 is 0. The molecule has 0 aliphatic carbocycles. The van der Waals surface area contributed by atoms with E-state index in [0.717, 1.165) is 32.4 Å². The standard InChI is InChI=1S/C22H34N2O3/c1-22(2,3)27-21(26)23-15-7-10-20(25)24-16-13-19(14-17-24)12-11-18-8-5-4-6-9-18/h4-6,8-9,19H,7,10-17H2,1-3H3,(H,23,26). The molecule has 2 rings (SSSR count). The highest BCUT2D eigenvalue weighted by Crippen LogP contribution is 2.23. The number of hydrogen-bond donors (Lipinski definition) is 1. The van der Waals surface area contributed by atoms with E-state index < -0.39 is 11.7 Å². The second-order valence-electron chi connectivity index (χ2n) is 8.38. The minimum atomic E-state index is -0.495. The summed E-state index contributed by atoms with van der Waals surface area (Å²) in [5, 5.41) is 2.70. The van der Waals surface area contributed by atoms with Crippen LogP contribution in [-0.2, 0) is 16.0 Å². The Kier molecular flexibility index (Phi) is 8.14. The molecule has 2 amide bonds. The first-order valence-electron chi connectivity index (χ1n) is 10.1. The summed E-state index contributed by atoms with van der Waals surface area (Å²) in [6, 6.07) is 10.6. The molecule has 5 heteroatoms. The normalized spacial score (nSPS) is 15.4. The smallest absolute Gasteiger partial charge is 0.407 e. The zero-order chi connectivity index (χ0) is 19.7. The van der Waals surface area contributed by atoms with Gasteiger partial charge < -0.3 is 15.0 Å². The van der Waals surface area contributed by atoms with Crippen LogP contribution in [0.4, 0.5) is 4.79 Å². The average molecular weight is 375 g/mol. The molecule has 1 aromatic rings. The van der Waals surface area contributed by atoms with Gasteiger partial charge in [0, 0.05) is 26.1 Å². The Morgan fingerprint density at radius 1 is 1.15 bits per heavy atom. The Morgan fingerprint density at radius 3 is 2.44 bits per heavy atom. The third-order valence-electron chi connectivity index (χ3n) is 4.89. The van der Waals surface area contributed by atoms with Crippen molar-refractivity contribution in [2.24, 2.45) is 5.92 Å². The molecule has 1 aliphatic rings. The van der Waals surface area contributed by atoms with Crippen LogP contribution in [0.5, 0.6) is 0 Å². The predicted molar refractivity (Wildman–Crippen MR) is 108 cm³/mol. The molecule has 0 spiro atoms. The van der Waals surface area contributed by atoms with Crippen molar-refractivity contribution in [3.8, 4) is 0 Å². The number of piperidine rings is 1. The molecule has 0 bridgehead atoms. The van der Waals surface area contributed by atoms with Crippen LogP contribution in [-0.4, -0.2) is 42.1 Å². The number of likely N-dealkylation sites (tertiary alicyclic amines) is 1. The predicted octanol–water partition coefficient (Wildman–Crippen LogP) is 4.16. The van der Waals surface area contributed by atoms with Gasteiger partial charge in [0.25, 0.3) is 0 Å². The Balaban J connectivity index is 1.57. The molecule has 0 saturated carbocycles. The molecule has 1 saturated heterocycles. The fraction of sp³-hybridized carbons (Fsp3) is 0.636. The first-order chi connectivity index (χ1) is 12.8. The van der Waals surface area contributed by atoms with Gasteiger partial charge in [-0.1, -0.05) is 30.3 Å². The SMILES string of the molecule is CC(C)(C)OC(=O)NCCCC(=O)N1CCC(CCc2ccccc2)CC1. The molecular weight excluding hydrogens is 340 g/mol. The second kappa shape index (κ2) is 10.3. The zero-order valence-corrected chi connectivity index (χ0v) is 17.0. The van der Waals surface area contributed by atoms with Crippen molar-refractivity contribution in [1.82, 2.24) is 10.2 Å². The van der Waals surface area contributed by atoms with E-state index in [4.69, 9.17) is 4.74 Å². The van der Waals surface area contributed by atoms with E-state index in [1.807, 2.05) is 25.7 Å². The lowest BCUT2D eigenvalue weighted by molar-refractivity contribution is -0.132. The number of carbonyl (C=O) groups is 2. The number of aryl methyl sites for hydroxylation is 1. The summed E-state index contributed by atoms with van der Waals surface area (Å²) in [7, 11) is 0. The van der Waals surface area contributed by atoms with Gasteiger partial charge in [0.15, 0.2) is 0 Å². The van der Waals surface area contributed by atoms with E-state index >= 15 is 0 Å². The van der Waals surface area contributed by atoms with Gasteiger partial charge in [0.2, 0.25) is 5.91 Å². The van der Waals surface area contributed by atoms with Gasteiger partial charge in [-0.05, 0) is 64.4 Å². The lowest BCUT2D eigenvalue weighted by Gasteiger charge is -2.32. The molecular formula is C22H34N2O3. The molecule has 1 N–H and O–H groups in total. The third-order valence-corrected chi connectivity index (χ3v) is 4.89. The summed E-state index contributed by atoms with van der Waals surface area (Å²) in [6.07, 6.45) is 5.20. The van der Waals surface area contributed by atoms with Crippen LogP contribution in [0.3, 0.4) is 0 Å². The largest absolute Gasteiger partial charge is 0.444 e. The molecule has 150 valence electrons. The van der Waals surface area contributed by atoms with Gasteiger partial charge in [-0.2, -0.15) is 0 Å². The number of rotatable bonds is 7. The number of nitrogens with zero attached hydrogens (tertiary/aromatic N) is 1. The number of ether oxygens (including phenoxy) is 1. The first kappa shape index (κ1) is 21.3. The van der Waals surface area contributed by atoms with Gasteiger partial charge in [0.1, 0.15) is 5.60 Å². The second-order valence-corrected chi connectivity index (χ2v) is 8.38. The minimum Gasteiger partial charge on any atom is -0.444 e. The van der Waals surface area contributed by atoms with Gasteiger partial charge in [0.05, 0.1) is 0 Å². The van der Waals surface area contributed by atoms with Crippen molar-refractivity contribution in [3.05, 3.63) is 35.9 Å². The summed E-state index contributed by atoms with van der Waals surface area (Å²) in [5.74, 6) is 0.908. The molecule has 0 radical (unpaired) electrons. The van der Waals surface area contributed by atoms with E-state index in [2.05, 4.69) is 35.6 Å². The number of nitrogens with one attached hydrogen (secondary N) is 1. The molecule has 0 aromatic heterocycles. The number of benzene rings is 1. The highest BCUT2D eigenvalue weighted by Gasteiger charge is 2.22. The van der Waals surface area contributed by atoms with Crippen molar-refractivity contribution in [2.45, 2.75) is 64.9 Å². The maximum atomic E-state index is 12.3. The van der Waals surface area contributed by atoms with E-state index in [9.17, 15) is 9.59 Å². The summed E-state index contributed by atoms with van der Waals surface area (Å²) < 4.78 is 5.18. The zero-order valence-electron chi connectivity index (χ0n) is 17.0. The topological polar surface area (TPSA) is 58.6 Å². The van der Waals surface area contributed by atoms with Crippen LogP contribution in [0.2, 0.25) is 0 Å². The highest BCUT2D eigenvalue weighted by atomic mass is 16.6. The Bertz CT molecular complexity index is 587. The fourth-order valence-electron chi connectivity index (χ4n) is 3.39. The summed E-state index contributed by atoms with van der Waals surface area (Å²) in [6.45, 7) is 7.68. The molecule has 1 aliphatic heterocycles. The van der Waals surface area contributed by atoms with Crippen LogP contribution in [0, 0.1) is 5.92 Å². The molecule has 27 heavy (non-hydrogen) atoms. The van der Waals surface area contributed by atoms with Crippen LogP contribution in [0.25, 0.3) is 0 Å². The number of amides is 2. The minimum absolute atomic E-state index is 0.197. The number of hydrogen-bond acceptors (Lipinski definition) is 3. The molecule has 0 unspecified atom stereocenters. The van der Waals surface area contributed by atoms with E-state index in [1.165, 1.54) is 12.0 Å². The van der Waals surface area contributed by atoms with Gasteiger partial charge in [-0.25, -0.2) is 4.79 Å². The van der Waals surface area contributed by atoms with Crippen LogP contribution in [0.15, 0.2) is 30.3 Å². The third kappa shape index (κ3) is 8.46. The Labute approximate surface area is 163 Å². The number of carbonyl (C=O) groups excluding carboxylic acids is 2. The fourth-order valence-corrected chi connectivity index (χ4v) is 3.39. The van der Waals surface area contributed by atoms with E-state index in [1.54, 1.807) is 0 Å². The maximum absolute atomic E-state index is 12.3. The van der Waals surface area contributed by atoms with Gasteiger partial charge in [-0.15, -0.1) is 0 Å². The first-order valence-corrected chi connectivity index (χ1v) is 10.1. The van der Waals surface area contributed by atoms with Crippen molar-refractivity contribution in [2.75, 3.05) is 19.6 Å². The monoisotopic (exact) mass is 374 g/mol. The van der Waals surface area contributed by atoms with Crippen molar-refractivity contribution < 1.29 is 14.3 Å². The molecule has 1 heterocycles. The quantitative estimate of drug-likeness (QED) is 0.729. The maximum Gasteiger partial charge on any atom is 0.407 e. The molecule has 1 aromatic carbocycles. The average Bonchev–Trinajstić information content (AvgIpc) is 2.63. The van der Waals surface area contributed by atoms with Crippen LogP contribution >= 0.6 is 0 Å². The summed E-state index contributed by atoms with van der Waals surface area (Å²) in [4.78, 5) is 25.9. The Hall–Kier alpha value is -2.04. The summed E-state index contributed by atoms with van der Waals surface area (Å²) in [5.41, 5.74) is 0.901.